The van der Waals surface area contributed by atoms with Gasteiger partial charge in [0, 0.05) is 19.1 Å². The second kappa shape index (κ2) is 7.77. The minimum atomic E-state index is -4.41. The van der Waals surface area contributed by atoms with E-state index in [1.54, 1.807) is 12.1 Å². The lowest BCUT2D eigenvalue weighted by Gasteiger charge is -2.03. The summed E-state index contributed by atoms with van der Waals surface area (Å²) in [5.41, 5.74) is 2.60. The van der Waals surface area contributed by atoms with E-state index >= 15 is 0 Å². The molecule has 0 saturated heterocycles. The predicted molar refractivity (Wildman–Crippen MR) is 81.2 cm³/mol. The zero-order chi connectivity index (χ0) is 17.6. The van der Waals surface area contributed by atoms with Gasteiger partial charge in [-0.15, -0.1) is 0 Å². The molecule has 0 aliphatic heterocycles. The Morgan fingerprint density at radius 3 is 2.09 bits per heavy atom. The molecule has 0 unspecified atom stereocenters. The maximum Gasteiger partial charge on any atom is 0.340 e. The third kappa shape index (κ3) is 5.40. The van der Waals surface area contributed by atoms with Crippen LogP contribution in [0.5, 0.6) is 0 Å². The van der Waals surface area contributed by atoms with Crippen LogP contribution in [0.4, 0.5) is 5.69 Å². The van der Waals surface area contributed by atoms with Crippen molar-refractivity contribution in [3.05, 3.63) is 58.3 Å². The van der Waals surface area contributed by atoms with Gasteiger partial charge in [0.25, 0.3) is 5.69 Å². The summed E-state index contributed by atoms with van der Waals surface area (Å²) in [6.07, 6.45) is 0. The Morgan fingerprint density at radius 2 is 1.65 bits per heavy atom. The van der Waals surface area contributed by atoms with Crippen molar-refractivity contribution in [1.82, 2.24) is 0 Å². The highest BCUT2D eigenvalue weighted by Crippen LogP contribution is 2.26. The van der Waals surface area contributed by atoms with Crippen molar-refractivity contribution < 1.29 is 26.6 Å². The van der Waals surface area contributed by atoms with Crippen LogP contribution in [0.25, 0.3) is 11.3 Å². The van der Waals surface area contributed by atoms with Crippen molar-refractivity contribution in [2.75, 3.05) is 7.11 Å². The van der Waals surface area contributed by atoms with Gasteiger partial charge >= 0.3 is 5.69 Å². The third-order valence-electron chi connectivity index (χ3n) is 3.04. The molecule has 0 N–H and O–H groups in total. The molecule has 0 aliphatic rings. The van der Waals surface area contributed by atoms with Crippen LogP contribution in [0, 0.1) is 17.0 Å². The topological polar surface area (TPSA) is 113 Å². The van der Waals surface area contributed by atoms with Gasteiger partial charge in [-0.25, -0.2) is 8.42 Å². The Labute approximate surface area is 134 Å². The van der Waals surface area contributed by atoms with E-state index in [-0.39, 0.29) is 10.6 Å². The number of pyridine rings is 1. The van der Waals surface area contributed by atoms with Crippen molar-refractivity contribution in [3.63, 3.8) is 0 Å². The number of nitro groups is 1. The zero-order valence-corrected chi connectivity index (χ0v) is 13.6. The van der Waals surface area contributed by atoms with Gasteiger partial charge in [0.2, 0.25) is 10.4 Å². The smallest absolute Gasteiger partial charge is 0.340 e. The summed E-state index contributed by atoms with van der Waals surface area (Å²) in [5, 5.41) is 11.1. The second-order valence-corrected chi connectivity index (χ2v) is 5.62. The van der Waals surface area contributed by atoms with Gasteiger partial charge < -0.3 is 4.55 Å². The van der Waals surface area contributed by atoms with Gasteiger partial charge in [-0.05, 0) is 12.1 Å². The largest absolute Gasteiger partial charge is 0.726 e. The number of rotatable bonds is 3. The van der Waals surface area contributed by atoms with Crippen LogP contribution in [-0.4, -0.2) is 25.0 Å². The van der Waals surface area contributed by atoms with E-state index in [1.165, 1.54) is 0 Å². The molecular formula is C14H16N2O6S. The van der Waals surface area contributed by atoms with Gasteiger partial charge in [-0.2, -0.15) is 4.57 Å². The molecule has 0 saturated carbocycles. The quantitative estimate of drug-likeness (QED) is 0.275. The molecule has 0 radical (unpaired) electrons. The molecule has 2 aromatic rings. The van der Waals surface area contributed by atoms with Crippen LogP contribution >= 0.6 is 0 Å². The molecule has 8 nitrogen and oxygen atoms in total. The maximum absolute atomic E-state index is 11.1. The molecule has 1 aromatic heterocycles. The lowest BCUT2D eigenvalue weighted by Crippen LogP contribution is -2.35. The molecule has 2 rings (SSSR count). The number of aromatic nitrogens is 1. The summed E-state index contributed by atoms with van der Waals surface area (Å²) < 4.78 is 32.9. The summed E-state index contributed by atoms with van der Waals surface area (Å²) in [6.45, 7) is 1.93. The minimum absolute atomic E-state index is 0.129. The first kappa shape index (κ1) is 18.7. The van der Waals surface area contributed by atoms with E-state index in [4.69, 9.17) is 0 Å². The molecule has 9 heteroatoms. The minimum Gasteiger partial charge on any atom is -0.726 e. The monoisotopic (exact) mass is 340 g/mol. The van der Waals surface area contributed by atoms with Crippen molar-refractivity contribution in [3.8, 4) is 11.3 Å². The van der Waals surface area contributed by atoms with Crippen LogP contribution < -0.4 is 4.57 Å². The SMILES string of the molecule is COS(=O)(=O)[O-].Cc1ccc([N+](=O)[O-])c(-c2ccccc2)[n+]1C. The molecule has 0 amide bonds. The number of aryl methyl sites for hydroxylation is 1. The normalized spacial score (nSPS) is 10.6. The average Bonchev–Trinajstić information content (AvgIpc) is 2.50. The van der Waals surface area contributed by atoms with E-state index < -0.39 is 10.4 Å². The van der Waals surface area contributed by atoms with Crippen LogP contribution in [0.3, 0.4) is 0 Å². The van der Waals surface area contributed by atoms with Crippen molar-refractivity contribution in [2.24, 2.45) is 7.05 Å². The average molecular weight is 340 g/mol. The highest BCUT2D eigenvalue weighted by atomic mass is 32.3. The second-order valence-electron chi connectivity index (χ2n) is 4.47. The molecule has 1 aromatic carbocycles. The molecule has 0 bridgehead atoms. The van der Waals surface area contributed by atoms with Crippen molar-refractivity contribution >= 4 is 16.1 Å². The lowest BCUT2D eigenvalue weighted by molar-refractivity contribution is -0.669. The first-order valence-corrected chi connectivity index (χ1v) is 7.71. The Morgan fingerprint density at radius 1 is 1.13 bits per heavy atom. The van der Waals surface area contributed by atoms with E-state index in [9.17, 15) is 23.1 Å². The number of nitrogens with zero attached hydrogens (tertiary/aromatic N) is 2. The van der Waals surface area contributed by atoms with Gasteiger partial charge in [-0.3, -0.25) is 14.3 Å². The Kier molecular flexibility index (Phi) is 6.31. The zero-order valence-electron chi connectivity index (χ0n) is 12.8. The molecule has 124 valence electrons. The van der Waals surface area contributed by atoms with Crippen LogP contribution in [0.2, 0.25) is 0 Å². The molecule has 23 heavy (non-hydrogen) atoms. The lowest BCUT2D eigenvalue weighted by atomic mass is 10.1. The Balaban J connectivity index is 0.000000379. The summed E-state index contributed by atoms with van der Waals surface area (Å²) in [5.74, 6) is 0. The molecule has 0 aliphatic carbocycles. The molecule has 0 fully saturated rings. The highest BCUT2D eigenvalue weighted by molar-refractivity contribution is 7.80. The van der Waals surface area contributed by atoms with Gasteiger partial charge in [-0.1, -0.05) is 18.2 Å². The summed E-state index contributed by atoms with van der Waals surface area (Å²) in [4.78, 5) is 10.7. The van der Waals surface area contributed by atoms with E-state index in [0.29, 0.717) is 5.69 Å². The van der Waals surface area contributed by atoms with Crippen LogP contribution in [0.1, 0.15) is 5.69 Å². The third-order valence-corrected chi connectivity index (χ3v) is 3.45. The fraction of sp³-hybridized carbons (Fsp3) is 0.214. The van der Waals surface area contributed by atoms with E-state index in [2.05, 4.69) is 4.18 Å². The fourth-order valence-electron chi connectivity index (χ4n) is 1.82. The highest BCUT2D eigenvalue weighted by Gasteiger charge is 2.25. The molecule has 1 heterocycles. The first-order chi connectivity index (χ1) is 10.7. The van der Waals surface area contributed by atoms with Crippen molar-refractivity contribution in [1.29, 1.82) is 0 Å². The number of benzene rings is 1. The van der Waals surface area contributed by atoms with Gasteiger partial charge in [0.1, 0.15) is 7.05 Å². The fourth-order valence-corrected chi connectivity index (χ4v) is 1.82. The van der Waals surface area contributed by atoms with E-state index in [1.807, 2.05) is 48.9 Å². The maximum atomic E-state index is 11.1. The van der Waals surface area contributed by atoms with Crippen LogP contribution in [-0.2, 0) is 21.6 Å². The van der Waals surface area contributed by atoms with Crippen molar-refractivity contribution in [2.45, 2.75) is 6.92 Å². The summed E-state index contributed by atoms with van der Waals surface area (Å²) >= 11 is 0. The number of hydrogen-bond acceptors (Lipinski definition) is 6. The first-order valence-electron chi connectivity index (χ1n) is 6.38. The standard InChI is InChI=1S/C13H13N2O2.CH4O4S/c1-10-8-9-12(15(16)17)13(14(10)2)11-6-4-3-5-7-11;1-5-6(2,3)4/h3-9H,1-2H3;1H3,(H,2,3,4)/q+1;/p-1. The molecule has 0 spiro atoms. The summed E-state index contributed by atoms with van der Waals surface area (Å²) in [6, 6.07) is 12.7. The van der Waals surface area contributed by atoms with Gasteiger partial charge in [0.05, 0.1) is 17.6 Å². The number of hydrogen-bond donors (Lipinski definition) is 0. The predicted octanol–water partition coefficient (Wildman–Crippen LogP) is 1.49. The van der Waals surface area contributed by atoms with E-state index in [0.717, 1.165) is 18.4 Å². The van der Waals surface area contributed by atoms with Gasteiger partial charge in [0.15, 0.2) is 5.69 Å². The molecule has 0 atom stereocenters. The summed E-state index contributed by atoms with van der Waals surface area (Å²) in [7, 11) is -1.77. The Bertz CT molecular complexity index is 790. The molecular weight excluding hydrogens is 324 g/mol. The van der Waals surface area contributed by atoms with Crippen LogP contribution in [0.15, 0.2) is 42.5 Å². The Hall–Kier alpha value is -2.36.